The number of hydrogen-bond acceptors (Lipinski definition) is 6. The number of imidazole rings is 1. The van der Waals surface area contributed by atoms with E-state index in [2.05, 4.69) is 20.6 Å². The Labute approximate surface area is 178 Å². The molecule has 0 aliphatic carbocycles. The second-order valence-corrected chi connectivity index (χ2v) is 7.12. The average molecular weight is 412 g/mol. The molecule has 154 valence electrons. The lowest BCUT2D eigenvalue weighted by molar-refractivity contribution is 0.102. The van der Waals surface area contributed by atoms with E-state index < -0.39 is 6.17 Å². The van der Waals surface area contributed by atoms with Gasteiger partial charge in [0.2, 0.25) is 5.95 Å². The third kappa shape index (κ3) is 3.44. The highest BCUT2D eigenvalue weighted by molar-refractivity contribution is 6.04. The lowest BCUT2D eigenvalue weighted by Gasteiger charge is -2.24. The Balaban J connectivity index is 1.47. The molecular formula is C23H20N6O2. The number of carbonyl (C=O) groups excluding carboxylic acids is 1. The van der Waals surface area contributed by atoms with E-state index >= 15 is 0 Å². The molecule has 4 N–H and O–H groups in total. The van der Waals surface area contributed by atoms with Crippen molar-refractivity contribution in [2.45, 2.75) is 6.17 Å². The Morgan fingerprint density at radius 2 is 1.90 bits per heavy atom. The van der Waals surface area contributed by atoms with E-state index in [0.717, 1.165) is 16.6 Å². The van der Waals surface area contributed by atoms with Crippen LogP contribution in [0.3, 0.4) is 0 Å². The van der Waals surface area contributed by atoms with Crippen LogP contribution in [0.1, 0.15) is 22.1 Å². The van der Waals surface area contributed by atoms with Gasteiger partial charge in [-0.1, -0.05) is 24.3 Å². The number of amides is 1. The highest BCUT2D eigenvalue weighted by atomic mass is 16.5. The highest BCUT2D eigenvalue weighted by Crippen LogP contribution is 2.33. The maximum absolute atomic E-state index is 12.7. The lowest BCUT2D eigenvalue weighted by atomic mass is 10.1. The normalized spacial score (nSPS) is 15.0. The molecule has 0 spiro atoms. The first-order valence-electron chi connectivity index (χ1n) is 9.75. The number of carbonyl (C=O) groups is 1. The van der Waals surface area contributed by atoms with Crippen LogP contribution < -0.4 is 21.1 Å². The molecule has 4 aromatic rings. The molecule has 3 aromatic carbocycles. The number of aromatic nitrogens is 2. The molecule has 2 heterocycles. The molecule has 1 aliphatic rings. The molecule has 1 aliphatic heterocycles. The van der Waals surface area contributed by atoms with Gasteiger partial charge in [-0.25, -0.2) is 9.98 Å². The van der Waals surface area contributed by atoms with Crippen LogP contribution in [0.2, 0.25) is 0 Å². The van der Waals surface area contributed by atoms with Gasteiger partial charge in [0.05, 0.1) is 18.1 Å². The number of rotatable bonds is 4. The second-order valence-electron chi connectivity index (χ2n) is 7.12. The summed E-state index contributed by atoms with van der Waals surface area (Å²) >= 11 is 0. The topological polar surface area (TPSA) is 107 Å². The number of benzene rings is 3. The van der Waals surface area contributed by atoms with Gasteiger partial charge in [-0.05, 0) is 54.1 Å². The zero-order chi connectivity index (χ0) is 21.4. The van der Waals surface area contributed by atoms with Crippen molar-refractivity contribution in [1.29, 1.82) is 0 Å². The van der Waals surface area contributed by atoms with E-state index in [9.17, 15) is 4.79 Å². The Kier molecular flexibility index (Phi) is 4.51. The molecule has 0 fully saturated rings. The molecule has 1 amide bonds. The van der Waals surface area contributed by atoms with Crippen LogP contribution >= 0.6 is 0 Å². The van der Waals surface area contributed by atoms with Crippen molar-refractivity contribution in [1.82, 2.24) is 9.55 Å². The summed E-state index contributed by atoms with van der Waals surface area (Å²) in [6.07, 6.45) is -0.401. The van der Waals surface area contributed by atoms with E-state index in [1.165, 1.54) is 0 Å². The Bertz CT molecular complexity index is 1310. The van der Waals surface area contributed by atoms with Gasteiger partial charge in [-0.3, -0.25) is 14.7 Å². The number of nitrogens with one attached hydrogen (secondary N) is 2. The quantitative estimate of drug-likeness (QED) is 0.475. The van der Waals surface area contributed by atoms with Gasteiger partial charge in [-0.2, -0.15) is 0 Å². The number of nitrogens with zero attached hydrogens (tertiary/aromatic N) is 3. The van der Waals surface area contributed by atoms with Gasteiger partial charge < -0.3 is 15.8 Å². The van der Waals surface area contributed by atoms with Crippen molar-refractivity contribution < 1.29 is 9.53 Å². The van der Waals surface area contributed by atoms with Crippen molar-refractivity contribution in [3.63, 3.8) is 0 Å². The Morgan fingerprint density at radius 3 is 2.71 bits per heavy atom. The number of guanidine groups is 1. The van der Waals surface area contributed by atoms with Crippen LogP contribution in [0.4, 0.5) is 11.6 Å². The third-order valence-corrected chi connectivity index (χ3v) is 5.14. The number of anilines is 2. The molecule has 5 rings (SSSR count). The number of fused-ring (bicyclic) bond motifs is 3. The number of aliphatic imine (C=N–C) groups is 1. The van der Waals surface area contributed by atoms with Crippen molar-refractivity contribution in [3.05, 3.63) is 83.9 Å². The number of methoxy groups -OCH3 is 1. The third-order valence-electron chi connectivity index (χ3n) is 5.14. The maximum atomic E-state index is 12.7. The van der Waals surface area contributed by atoms with Crippen molar-refractivity contribution in [2.75, 3.05) is 17.7 Å². The maximum Gasteiger partial charge on any atom is 0.255 e. The van der Waals surface area contributed by atoms with E-state index in [1.807, 2.05) is 53.1 Å². The minimum absolute atomic E-state index is 0.207. The summed E-state index contributed by atoms with van der Waals surface area (Å²) in [7, 11) is 1.59. The van der Waals surface area contributed by atoms with Gasteiger partial charge in [-0.15, -0.1) is 0 Å². The van der Waals surface area contributed by atoms with E-state index in [1.54, 1.807) is 31.4 Å². The van der Waals surface area contributed by atoms with Crippen molar-refractivity contribution >= 4 is 34.5 Å². The SMILES string of the molecule is COc1ccc(C(=O)Nc2cccc([C@H]3N=C(N)Nc4nc5ccccc5n43)c2)cc1. The fourth-order valence-corrected chi connectivity index (χ4v) is 3.66. The van der Waals surface area contributed by atoms with E-state index in [4.69, 9.17) is 10.5 Å². The van der Waals surface area contributed by atoms with Crippen molar-refractivity contribution in [2.24, 2.45) is 10.7 Å². The zero-order valence-electron chi connectivity index (χ0n) is 16.7. The number of hydrogen-bond donors (Lipinski definition) is 3. The summed E-state index contributed by atoms with van der Waals surface area (Å²) in [5, 5.41) is 5.97. The van der Waals surface area contributed by atoms with Crippen LogP contribution in [0.15, 0.2) is 77.8 Å². The first-order chi connectivity index (χ1) is 15.1. The zero-order valence-corrected chi connectivity index (χ0v) is 16.7. The van der Waals surface area contributed by atoms with E-state index in [-0.39, 0.29) is 5.91 Å². The standard InChI is InChI=1S/C23H20N6O2/c1-31-17-11-9-14(10-12-17)21(30)25-16-6-4-5-15(13-16)20-27-22(24)28-23-26-18-7-2-3-8-19(18)29(20)23/h2-13,20H,1H3,(H,25,30)(H3,24,26,27,28)/t20-/m0/s1. The molecule has 0 saturated heterocycles. The molecule has 0 saturated carbocycles. The lowest BCUT2D eigenvalue weighted by Crippen LogP contribution is -2.31. The largest absolute Gasteiger partial charge is 0.497 e. The molecule has 1 atom stereocenters. The fourth-order valence-electron chi connectivity index (χ4n) is 3.66. The van der Waals surface area contributed by atoms with Gasteiger partial charge in [0.25, 0.3) is 5.91 Å². The van der Waals surface area contributed by atoms with Gasteiger partial charge >= 0.3 is 0 Å². The van der Waals surface area contributed by atoms with E-state index in [0.29, 0.717) is 28.9 Å². The summed E-state index contributed by atoms with van der Waals surface area (Å²) in [5.41, 5.74) is 9.90. The summed E-state index contributed by atoms with van der Waals surface area (Å²) < 4.78 is 7.14. The average Bonchev–Trinajstić information content (AvgIpc) is 3.17. The van der Waals surface area contributed by atoms with Gasteiger partial charge in [0.1, 0.15) is 5.75 Å². The first-order valence-corrected chi connectivity index (χ1v) is 9.75. The minimum Gasteiger partial charge on any atom is -0.497 e. The van der Waals surface area contributed by atoms with Crippen LogP contribution in [0.25, 0.3) is 11.0 Å². The van der Waals surface area contributed by atoms with Crippen LogP contribution in [-0.2, 0) is 0 Å². The van der Waals surface area contributed by atoms with Crippen LogP contribution in [0, 0.1) is 0 Å². The molecule has 0 unspecified atom stereocenters. The summed E-state index contributed by atoms with van der Waals surface area (Å²) in [6, 6.07) is 22.4. The molecule has 8 nitrogen and oxygen atoms in total. The van der Waals surface area contributed by atoms with Gasteiger partial charge in [0, 0.05) is 11.3 Å². The highest BCUT2D eigenvalue weighted by Gasteiger charge is 2.25. The van der Waals surface area contributed by atoms with Crippen molar-refractivity contribution in [3.8, 4) is 5.75 Å². The van der Waals surface area contributed by atoms with Crippen LogP contribution in [0.5, 0.6) is 5.75 Å². The predicted octanol–water partition coefficient (Wildman–Crippen LogP) is 3.58. The summed E-state index contributed by atoms with van der Waals surface area (Å²) in [6.45, 7) is 0. The monoisotopic (exact) mass is 412 g/mol. The molecule has 0 bridgehead atoms. The molecule has 8 heteroatoms. The number of para-hydroxylation sites is 2. The number of ether oxygens (including phenoxy) is 1. The Morgan fingerprint density at radius 1 is 1.10 bits per heavy atom. The summed E-state index contributed by atoms with van der Waals surface area (Å²) in [5.74, 6) is 1.41. The Hall–Kier alpha value is -4.33. The minimum atomic E-state index is -0.401. The molecule has 0 radical (unpaired) electrons. The number of nitrogens with two attached hydrogens (primary N) is 1. The molecule has 1 aromatic heterocycles. The smallest absolute Gasteiger partial charge is 0.255 e. The summed E-state index contributed by atoms with van der Waals surface area (Å²) in [4.78, 5) is 21.9. The predicted molar refractivity (Wildman–Crippen MR) is 121 cm³/mol. The van der Waals surface area contributed by atoms with Crippen LogP contribution in [-0.4, -0.2) is 28.5 Å². The first kappa shape index (κ1) is 18.7. The van der Waals surface area contributed by atoms with Gasteiger partial charge in [0.15, 0.2) is 12.1 Å². The second kappa shape index (κ2) is 7.49. The fraction of sp³-hybridized carbons (Fsp3) is 0.0870. The molecule has 31 heavy (non-hydrogen) atoms. The molecular weight excluding hydrogens is 392 g/mol.